The second kappa shape index (κ2) is 4.12. The highest BCUT2D eigenvalue weighted by Gasteiger charge is 2.29. The van der Waals surface area contributed by atoms with E-state index in [1.807, 2.05) is 0 Å². The number of hydrogen-bond donors (Lipinski definition) is 1. The van der Waals surface area contributed by atoms with Crippen LogP contribution in [0.5, 0.6) is 0 Å². The summed E-state index contributed by atoms with van der Waals surface area (Å²) in [5.41, 5.74) is 0. The molecule has 5 heteroatoms. The minimum absolute atomic E-state index is 0.931. The lowest BCUT2D eigenvalue weighted by atomic mass is 10.2. The summed E-state index contributed by atoms with van der Waals surface area (Å²) in [5, 5.41) is 8.62. The molecule has 0 saturated heterocycles. The van der Waals surface area contributed by atoms with Crippen molar-refractivity contribution in [3.8, 4) is 0 Å². The number of aliphatic hydroxyl groups is 1. The quantitative estimate of drug-likeness (QED) is 0.635. The number of alkyl halides is 3. The maximum Gasteiger partial charge on any atom is 0.391 e. The van der Waals surface area contributed by atoms with Crippen LogP contribution in [-0.2, 0) is 0 Å². The minimum atomic E-state index is -4.34. The van der Waals surface area contributed by atoms with Crippen LogP contribution >= 0.6 is 0 Å². The first-order valence-corrected chi connectivity index (χ1v) is 2.83. The van der Waals surface area contributed by atoms with Crippen LogP contribution in [0, 0.1) is 0 Å². The Balaban J connectivity index is 3.78. The summed E-state index contributed by atoms with van der Waals surface area (Å²) in [5.74, 6) is 0. The SMILES string of the molecule is C=NC=CC(O)CC(F)(F)F. The minimum Gasteiger partial charge on any atom is -0.389 e. The first kappa shape index (κ1) is 10.2. The topological polar surface area (TPSA) is 32.6 Å². The molecular weight excluding hydrogens is 159 g/mol. The molecule has 0 aliphatic carbocycles. The summed E-state index contributed by atoms with van der Waals surface area (Å²) in [6.07, 6.45) is -5.17. The van der Waals surface area contributed by atoms with Gasteiger partial charge in [0.25, 0.3) is 0 Å². The molecule has 0 aromatic rings. The molecule has 0 saturated carbocycles. The van der Waals surface area contributed by atoms with E-state index in [0.29, 0.717) is 0 Å². The molecule has 0 heterocycles. The van der Waals surface area contributed by atoms with Crippen molar-refractivity contribution in [3.63, 3.8) is 0 Å². The van der Waals surface area contributed by atoms with Crippen molar-refractivity contribution >= 4 is 6.72 Å². The number of nitrogens with zero attached hydrogens (tertiary/aromatic N) is 1. The van der Waals surface area contributed by atoms with E-state index in [9.17, 15) is 13.2 Å². The van der Waals surface area contributed by atoms with E-state index in [1.165, 1.54) is 0 Å². The summed E-state index contributed by atoms with van der Waals surface area (Å²) < 4.78 is 34.5. The predicted molar refractivity (Wildman–Crippen MR) is 35.4 cm³/mol. The Bertz CT molecular complexity index is 152. The molecule has 0 bridgehead atoms. The van der Waals surface area contributed by atoms with Gasteiger partial charge in [0.15, 0.2) is 0 Å². The van der Waals surface area contributed by atoms with E-state index in [4.69, 9.17) is 5.11 Å². The van der Waals surface area contributed by atoms with Crippen molar-refractivity contribution < 1.29 is 18.3 Å². The third-order valence-corrected chi connectivity index (χ3v) is 0.854. The van der Waals surface area contributed by atoms with Crippen LogP contribution in [0.1, 0.15) is 6.42 Å². The highest BCUT2D eigenvalue weighted by atomic mass is 19.4. The van der Waals surface area contributed by atoms with Gasteiger partial charge in [-0.3, -0.25) is 4.99 Å². The maximum atomic E-state index is 11.5. The first-order valence-electron chi connectivity index (χ1n) is 2.83. The number of rotatable bonds is 3. The highest BCUT2D eigenvalue weighted by molar-refractivity contribution is 5.25. The van der Waals surface area contributed by atoms with Crippen molar-refractivity contribution in [2.45, 2.75) is 18.7 Å². The molecule has 0 amide bonds. The summed E-state index contributed by atoms with van der Waals surface area (Å²) in [6.45, 7) is 3.00. The van der Waals surface area contributed by atoms with E-state index >= 15 is 0 Å². The van der Waals surface area contributed by atoms with E-state index in [1.54, 1.807) is 0 Å². The van der Waals surface area contributed by atoms with E-state index in [-0.39, 0.29) is 0 Å². The van der Waals surface area contributed by atoms with Crippen molar-refractivity contribution in [3.05, 3.63) is 12.3 Å². The Labute approximate surface area is 62.1 Å². The largest absolute Gasteiger partial charge is 0.391 e. The second-order valence-electron chi connectivity index (χ2n) is 1.91. The monoisotopic (exact) mass is 167 g/mol. The highest BCUT2D eigenvalue weighted by Crippen LogP contribution is 2.21. The van der Waals surface area contributed by atoms with E-state index < -0.39 is 18.7 Å². The molecule has 1 N–H and O–H groups in total. The summed E-state index contributed by atoms with van der Waals surface area (Å²) >= 11 is 0. The molecule has 0 aliphatic rings. The van der Waals surface area contributed by atoms with Crippen LogP contribution in [0.2, 0.25) is 0 Å². The van der Waals surface area contributed by atoms with Crippen LogP contribution in [-0.4, -0.2) is 24.1 Å². The molecular formula is C6H8F3NO. The molecule has 0 spiro atoms. The van der Waals surface area contributed by atoms with Gasteiger partial charge >= 0.3 is 6.18 Å². The third kappa shape index (κ3) is 7.05. The zero-order chi connectivity index (χ0) is 8.91. The average Bonchev–Trinajstić information content (AvgIpc) is 1.79. The van der Waals surface area contributed by atoms with Gasteiger partial charge in [-0.15, -0.1) is 0 Å². The fourth-order valence-electron chi connectivity index (χ4n) is 0.465. The molecule has 0 aromatic heterocycles. The normalized spacial score (nSPS) is 15.3. The summed E-state index contributed by atoms with van der Waals surface area (Å²) in [6, 6.07) is 0. The average molecular weight is 167 g/mol. The number of aliphatic imine (C=N–C) groups is 1. The smallest absolute Gasteiger partial charge is 0.389 e. The molecule has 0 rings (SSSR count). The molecule has 0 aliphatic heterocycles. The summed E-state index contributed by atoms with van der Waals surface area (Å²) in [7, 11) is 0. The van der Waals surface area contributed by atoms with Crippen LogP contribution in [0.25, 0.3) is 0 Å². The molecule has 1 unspecified atom stereocenters. The lowest BCUT2D eigenvalue weighted by Gasteiger charge is -2.07. The Hall–Kier alpha value is -0.840. The third-order valence-electron chi connectivity index (χ3n) is 0.854. The van der Waals surface area contributed by atoms with Crippen LogP contribution in [0.3, 0.4) is 0 Å². The van der Waals surface area contributed by atoms with Gasteiger partial charge in [-0.1, -0.05) is 0 Å². The second-order valence-corrected chi connectivity index (χ2v) is 1.91. The lowest BCUT2D eigenvalue weighted by molar-refractivity contribution is -0.148. The lowest BCUT2D eigenvalue weighted by Crippen LogP contribution is -2.17. The summed E-state index contributed by atoms with van der Waals surface area (Å²) in [4.78, 5) is 3.15. The van der Waals surface area contributed by atoms with Gasteiger partial charge in [-0.25, -0.2) is 0 Å². The van der Waals surface area contributed by atoms with Crippen LogP contribution < -0.4 is 0 Å². The van der Waals surface area contributed by atoms with E-state index in [0.717, 1.165) is 12.3 Å². The van der Waals surface area contributed by atoms with Gasteiger partial charge < -0.3 is 5.11 Å². The molecule has 0 radical (unpaired) electrons. The molecule has 0 aromatic carbocycles. The number of halogens is 3. The first-order chi connectivity index (χ1) is 4.95. The Morgan fingerprint density at radius 3 is 2.45 bits per heavy atom. The predicted octanol–water partition coefficient (Wildman–Crippen LogP) is 1.51. The van der Waals surface area contributed by atoms with Gasteiger partial charge in [0.2, 0.25) is 0 Å². The van der Waals surface area contributed by atoms with Gasteiger partial charge in [0.05, 0.1) is 12.5 Å². The molecule has 0 fully saturated rings. The molecule has 11 heavy (non-hydrogen) atoms. The van der Waals surface area contributed by atoms with Gasteiger partial charge in [-0.05, 0) is 12.8 Å². The van der Waals surface area contributed by atoms with Crippen molar-refractivity contribution in [1.82, 2.24) is 0 Å². The van der Waals surface area contributed by atoms with Gasteiger partial charge in [0.1, 0.15) is 0 Å². The Kier molecular flexibility index (Phi) is 3.81. The molecule has 1 atom stereocenters. The van der Waals surface area contributed by atoms with Crippen LogP contribution in [0.15, 0.2) is 17.3 Å². The van der Waals surface area contributed by atoms with Gasteiger partial charge in [0, 0.05) is 6.20 Å². The zero-order valence-electron chi connectivity index (χ0n) is 5.67. The zero-order valence-corrected chi connectivity index (χ0v) is 5.67. The standard InChI is InChI=1S/C6H8F3NO/c1-10-3-2-5(11)4-6(7,8)9/h2-3,5,11H,1,4H2. The van der Waals surface area contributed by atoms with Crippen molar-refractivity contribution in [2.24, 2.45) is 4.99 Å². The molecule has 2 nitrogen and oxygen atoms in total. The van der Waals surface area contributed by atoms with Gasteiger partial charge in [-0.2, -0.15) is 13.2 Å². The number of aliphatic hydroxyl groups excluding tert-OH is 1. The Morgan fingerprint density at radius 2 is 2.09 bits per heavy atom. The van der Waals surface area contributed by atoms with Crippen molar-refractivity contribution in [2.75, 3.05) is 0 Å². The van der Waals surface area contributed by atoms with Crippen LogP contribution in [0.4, 0.5) is 13.2 Å². The van der Waals surface area contributed by atoms with Crippen molar-refractivity contribution in [1.29, 1.82) is 0 Å². The number of hydrogen-bond acceptors (Lipinski definition) is 2. The fraction of sp³-hybridized carbons (Fsp3) is 0.500. The Morgan fingerprint density at radius 1 is 1.55 bits per heavy atom. The molecule has 64 valence electrons. The maximum absolute atomic E-state index is 11.5. The fourth-order valence-corrected chi connectivity index (χ4v) is 0.465. The van der Waals surface area contributed by atoms with E-state index in [2.05, 4.69) is 11.7 Å².